The van der Waals surface area contributed by atoms with Gasteiger partial charge >= 0.3 is 0 Å². The van der Waals surface area contributed by atoms with Crippen molar-refractivity contribution in [2.24, 2.45) is 0 Å². The third-order valence-corrected chi connectivity index (χ3v) is 3.34. The summed E-state index contributed by atoms with van der Waals surface area (Å²) in [5, 5.41) is 3.15. The van der Waals surface area contributed by atoms with Crippen LogP contribution in [-0.4, -0.2) is 16.5 Å². The van der Waals surface area contributed by atoms with Gasteiger partial charge in [0.2, 0.25) is 0 Å². The van der Waals surface area contributed by atoms with E-state index in [-0.39, 0.29) is 4.47 Å². The van der Waals surface area contributed by atoms with Crippen LogP contribution in [0.3, 0.4) is 0 Å². The fourth-order valence-electron chi connectivity index (χ4n) is 1.55. The van der Waals surface area contributed by atoms with Crippen molar-refractivity contribution in [3.05, 3.63) is 46.2 Å². The first-order valence-electron chi connectivity index (χ1n) is 5.79. The van der Waals surface area contributed by atoms with Crippen molar-refractivity contribution in [1.29, 1.82) is 0 Å². The number of halogens is 3. The molecule has 0 radical (unpaired) electrons. The molecule has 100 valence electrons. The molecule has 1 aromatic heterocycles. The van der Waals surface area contributed by atoms with Gasteiger partial charge in [-0.3, -0.25) is 0 Å². The molecule has 2 aromatic rings. The van der Waals surface area contributed by atoms with Crippen molar-refractivity contribution in [3.8, 4) is 11.4 Å². The smallest absolute Gasteiger partial charge is 0.173 e. The van der Waals surface area contributed by atoms with E-state index in [0.29, 0.717) is 17.9 Å². The normalized spacial score (nSPS) is 10.7. The summed E-state index contributed by atoms with van der Waals surface area (Å²) in [6.45, 7) is 3.54. The van der Waals surface area contributed by atoms with Crippen LogP contribution in [0.2, 0.25) is 0 Å². The Morgan fingerprint density at radius 1 is 1.21 bits per heavy atom. The second-order valence-corrected chi connectivity index (χ2v) is 4.71. The first kappa shape index (κ1) is 14.0. The van der Waals surface area contributed by atoms with E-state index < -0.39 is 11.6 Å². The highest BCUT2D eigenvalue weighted by atomic mass is 79.9. The van der Waals surface area contributed by atoms with Crippen molar-refractivity contribution < 1.29 is 8.78 Å². The minimum Gasteiger partial charge on any atom is -0.313 e. The molecule has 0 aliphatic heterocycles. The van der Waals surface area contributed by atoms with Crippen LogP contribution in [0.5, 0.6) is 0 Å². The number of aromatic nitrogens is 2. The molecule has 0 atom stereocenters. The van der Waals surface area contributed by atoms with Crippen LogP contribution in [0.4, 0.5) is 8.78 Å². The second-order valence-electron chi connectivity index (χ2n) is 3.92. The van der Waals surface area contributed by atoms with Crippen molar-refractivity contribution in [2.75, 3.05) is 6.54 Å². The summed E-state index contributed by atoms with van der Waals surface area (Å²) in [7, 11) is 0. The monoisotopic (exact) mass is 327 g/mol. The molecule has 3 nitrogen and oxygen atoms in total. The van der Waals surface area contributed by atoms with Gasteiger partial charge in [0.05, 0.1) is 4.47 Å². The minimum atomic E-state index is -0.933. The number of hydrogen-bond donors (Lipinski definition) is 1. The lowest BCUT2D eigenvalue weighted by Crippen LogP contribution is -2.12. The predicted molar refractivity (Wildman–Crippen MR) is 72.5 cm³/mol. The van der Waals surface area contributed by atoms with Crippen molar-refractivity contribution in [3.63, 3.8) is 0 Å². The predicted octanol–water partition coefficient (Wildman–Crippen LogP) is 3.29. The molecule has 2 rings (SSSR count). The number of nitrogens with one attached hydrogen (secondary N) is 1. The average molecular weight is 328 g/mol. The van der Waals surface area contributed by atoms with Crippen molar-refractivity contribution >= 4 is 15.9 Å². The molecule has 1 N–H and O–H groups in total. The Bertz CT molecular complexity index is 573. The van der Waals surface area contributed by atoms with E-state index in [2.05, 4.69) is 31.2 Å². The first-order valence-corrected chi connectivity index (χ1v) is 6.58. The topological polar surface area (TPSA) is 37.8 Å². The molecule has 19 heavy (non-hydrogen) atoms. The molecule has 1 aromatic carbocycles. The zero-order valence-corrected chi connectivity index (χ0v) is 11.8. The van der Waals surface area contributed by atoms with Gasteiger partial charge in [-0.2, -0.15) is 0 Å². The number of nitrogens with zero attached hydrogens (tertiary/aromatic N) is 2. The van der Waals surface area contributed by atoms with Gasteiger partial charge in [0.25, 0.3) is 0 Å². The number of rotatable bonds is 4. The molecular formula is C13H12BrF2N3. The molecule has 0 aliphatic rings. The Kier molecular flexibility index (Phi) is 4.55. The van der Waals surface area contributed by atoms with Gasteiger partial charge in [0, 0.05) is 30.1 Å². The van der Waals surface area contributed by atoms with Gasteiger partial charge in [0.1, 0.15) is 0 Å². The second kappa shape index (κ2) is 6.16. The van der Waals surface area contributed by atoms with Gasteiger partial charge in [-0.15, -0.1) is 0 Å². The van der Waals surface area contributed by atoms with Gasteiger partial charge in [-0.1, -0.05) is 6.92 Å². The Balaban J connectivity index is 2.30. The lowest BCUT2D eigenvalue weighted by Gasteiger charge is -2.06. The van der Waals surface area contributed by atoms with E-state index in [1.54, 1.807) is 12.4 Å². The summed E-state index contributed by atoms with van der Waals surface area (Å²) in [5.41, 5.74) is 1.36. The van der Waals surface area contributed by atoms with E-state index >= 15 is 0 Å². The van der Waals surface area contributed by atoms with Crippen LogP contribution in [-0.2, 0) is 6.54 Å². The molecule has 0 unspecified atom stereocenters. The van der Waals surface area contributed by atoms with Crippen LogP contribution >= 0.6 is 15.9 Å². The van der Waals surface area contributed by atoms with Crippen molar-refractivity contribution in [1.82, 2.24) is 15.3 Å². The van der Waals surface area contributed by atoms with Gasteiger partial charge in [0.15, 0.2) is 17.5 Å². The molecule has 0 amide bonds. The fraction of sp³-hybridized carbons (Fsp3) is 0.231. The largest absolute Gasteiger partial charge is 0.313 e. The summed E-state index contributed by atoms with van der Waals surface area (Å²) in [6.07, 6.45) is 3.33. The van der Waals surface area contributed by atoms with Crippen LogP contribution < -0.4 is 5.32 Å². The molecule has 0 saturated carbocycles. The van der Waals surface area contributed by atoms with E-state index in [4.69, 9.17) is 0 Å². The number of hydrogen-bond acceptors (Lipinski definition) is 3. The third kappa shape index (κ3) is 3.13. The molecule has 0 aliphatic carbocycles. The Morgan fingerprint density at radius 3 is 2.53 bits per heavy atom. The lowest BCUT2D eigenvalue weighted by atomic mass is 10.2. The molecule has 0 bridgehead atoms. The molecule has 0 fully saturated rings. The number of benzene rings is 1. The highest BCUT2D eigenvalue weighted by molar-refractivity contribution is 9.10. The minimum absolute atomic E-state index is 0.0342. The summed E-state index contributed by atoms with van der Waals surface area (Å²) < 4.78 is 26.5. The maximum atomic E-state index is 13.4. The summed E-state index contributed by atoms with van der Waals surface area (Å²) in [5.74, 6) is -1.48. The molecule has 0 saturated heterocycles. The zero-order chi connectivity index (χ0) is 13.8. The fourth-order valence-corrected chi connectivity index (χ4v) is 2.05. The Hall–Kier alpha value is -1.40. The van der Waals surface area contributed by atoms with E-state index in [1.807, 2.05) is 6.92 Å². The molecular weight excluding hydrogens is 316 g/mol. The van der Waals surface area contributed by atoms with E-state index in [9.17, 15) is 8.78 Å². The standard InChI is InChI=1S/C13H12BrF2N3/c1-2-17-5-8-6-18-13(19-7-8)9-3-4-10(15)12(16)11(9)14/h3-4,6-7,17H,2,5H2,1H3. The summed E-state index contributed by atoms with van der Waals surface area (Å²) in [6, 6.07) is 2.51. The highest BCUT2D eigenvalue weighted by Gasteiger charge is 2.14. The Labute approximate surface area is 118 Å². The van der Waals surface area contributed by atoms with Gasteiger partial charge < -0.3 is 5.32 Å². The van der Waals surface area contributed by atoms with E-state index in [1.165, 1.54) is 6.07 Å². The van der Waals surface area contributed by atoms with Gasteiger partial charge in [-0.05, 0) is 34.6 Å². The highest BCUT2D eigenvalue weighted by Crippen LogP contribution is 2.29. The van der Waals surface area contributed by atoms with E-state index in [0.717, 1.165) is 18.2 Å². The molecule has 6 heteroatoms. The van der Waals surface area contributed by atoms with Crippen LogP contribution in [0, 0.1) is 11.6 Å². The third-order valence-electron chi connectivity index (χ3n) is 2.56. The van der Waals surface area contributed by atoms with Gasteiger partial charge in [-0.25, -0.2) is 18.7 Å². The van der Waals surface area contributed by atoms with Crippen LogP contribution in [0.15, 0.2) is 29.0 Å². The van der Waals surface area contributed by atoms with Crippen LogP contribution in [0.25, 0.3) is 11.4 Å². The summed E-state index contributed by atoms with van der Waals surface area (Å²) in [4.78, 5) is 8.33. The average Bonchev–Trinajstić information content (AvgIpc) is 2.44. The van der Waals surface area contributed by atoms with Crippen molar-refractivity contribution in [2.45, 2.75) is 13.5 Å². The molecule has 0 spiro atoms. The lowest BCUT2D eigenvalue weighted by molar-refractivity contribution is 0.504. The molecule has 1 heterocycles. The first-order chi connectivity index (χ1) is 9.13. The summed E-state index contributed by atoms with van der Waals surface area (Å²) >= 11 is 3.02. The quantitative estimate of drug-likeness (QED) is 0.875. The zero-order valence-electron chi connectivity index (χ0n) is 10.3. The SMILES string of the molecule is CCNCc1cnc(-c2ccc(F)c(F)c2Br)nc1. The van der Waals surface area contributed by atoms with Crippen LogP contribution in [0.1, 0.15) is 12.5 Å². The Morgan fingerprint density at radius 2 is 1.89 bits per heavy atom. The maximum Gasteiger partial charge on any atom is 0.173 e. The maximum absolute atomic E-state index is 13.4.